The minimum Gasteiger partial charge on any atom is -0.436 e. The minimum atomic E-state index is -0.555. The van der Waals surface area contributed by atoms with E-state index in [0.29, 0.717) is 37.7 Å². The number of non-ortho nitro benzene ring substituents is 1. The standard InChI is InChI=1S/C20H11BrClN3O4/c21-15-7-6-12(25(27)28)10-14(15)19(26)23-11-5-8-18-17(9-11)24-20(29-18)13-3-1-2-4-16(13)22/h1-10H,(H,23,26). The van der Waals surface area contributed by atoms with Crippen molar-refractivity contribution in [3.8, 4) is 11.5 Å². The molecule has 1 heterocycles. The van der Waals surface area contributed by atoms with Crippen LogP contribution in [0.5, 0.6) is 0 Å². The number of hydrogen-bond acceptors (Lipinski definition) is 5. The van der Waals surface area contributed by atoms with Crippen molar-refractivity contribution in [1.29, 1.82) is 0 Å². The molecule has 9 heteroatoms. The Labute approximate surface area is 177 Å². The summed E-state index contributed by atoms with van der Waals surface area (Å²) in [5.41, 5.74) is 2.19. The smallest absolute Gasteiger partial charge is 0.270 e. The summed E-state index contributed by atoms with van der Waals surface area (Å²) in [4.78, 5) is 27.4. The highest BCUT2D eigenvalue weighted by Crippen LogP contribution is 2.31. The molecule has 144 valence electrons. The number of nitro benzene ring substituents is 1. The molecule has 0 fully saturated rings. The van der Waals surface area contributed by atoms with Crippen LogP contribution >= 0.6 is 27.5 Å². The van der Waals surface area contributed by atoms with Crippen LogP contribution in [-0.4, -0.2) is 15.8 Å². The molecule has 0 aliphatic rings. The van der Waals surface area contributed by atoms with Crippen molar-refractivity contribution < 1.29 is 14.1 Å². The van der Waals surface area contributed by atoms with Gasteiger partial charge in [0.1, 0.15) is 5.52 Å². The number of fused-ring (bicyclic) bond motifs is 1. The Hall–Kier alpha value is -3.23. The predicted octanol–water partition coefficient (Wildman–Crippen LogP) is 6.07. The van der Waals surface area contributed by atoms with E-state index in [2.05, 4.69) is 26.2 Å². The van der Waals surface area contributed by atoms with Crippen LogP contribution in [0.3, 0.4) is 0 Å². The Balaban J connectivity index is 1.64. The van der Waals surface area contributed by atoms with Crippen LogP contribution in [0.15, 0.2) is 69.6 Å². The van der Waals surface area contributed by atoms with Crippen LogP contribution in [0.4, 0.5) is 11.4 Å². The lowest BCUT2D eigenvalue weighted by Crippen LogP contribution is -2.12. The molecule has 0 spiro atoms. The third-order valence-electron chi connectivity index (χ3n) is 4.16. The molecule has 0 aliphatic carbocycles. The van der Waals surface area contributed by atoms with E-state index in [4.69, 9.17) is 16.0 Å². The van der Waals surface area contributed by atoms with E-state index in [0.717, 1.165) is 0 Å². The summed E-state index contributed by atoms with van der Waals surface area (Å²) in [5, 5.41) is 14.2. The van der Waals surface area contributed by atoms with Crippen molar-refractivity contribution in [2.45, 2.75) is 0 Å². The fraction of sp³-hybridized carbons (Fsp3) is 0. The first-order valence-corrected chi connectivity index (χ1v) is 9.50. The molecule has 0 unspecified atom stereocenters. The number of benzene rings is 3. The highest BCUT2D eigenvalue weighted by molar-refractivity contribution is 9.10. The number of carbonyl (C=O) groups excluding carboxylic acids is 1. The molecule has 0 aliphatic heterocycles. The zero-order chi connectivity index (χ0) is 20.5. The molecule has 1 amide bonds. The van der Waals surface area contributed by atoms with Crippen molar-refractivity contribution in [3.05, 3.63) is 85.8 Å². The average Bonchev–Trinajstić information content (AvgIpc) is 3.11. The number of halogens is 2. The lowest BCUT2D eigenvalue weighted by Gasteiger charge is -2.06. The zero-order valence-electron chi connectivity index (χ0n) is 14.6. The van der Waals surface area contributed by atoms with E-state index in [9.17, 15) is 14.9 Å². The second kappa shape index (κ2) is 7.65. The highest BCUT2D eigenvalue weighted by Gasteiger charge is 2.17. The number of nitrogens with zero attached hydrogens (tertiary/aromatic N) is 2. The largest absolute Gasteiger partial charge is 0.436 e. The average molecular weight is 473 g/mol. The van der Waals surface area contributed by atoms with Crippen molar-refractivity contribution in [1.82, 2.24) is 4.98 Å². The first-order chi connectivity index (χ1) is 13.9. The van der Waals surface area contributed by atoms with Gasteiger partial charge < -0.3 is 9.73 Å². The summed E-state index contributed by atoms with van der Waals surface area (Å²) < 4.78 is 6.20. The second-order valence-electron chi connectivity index (χ2n) is 6.06. The molecule has 0 saturated carbocycles. The van der Waals surface area contributed by atoms with Crippen LogP contribution in [0, 0.1) is 10.1 Å². The topological polar surface area (TPSA) is 98.3 Å². The number of anilines is 1. The normalized spacial score (nSPS) is 10.8. The number of hydrogen-bond donors (Lipinski definition) is 1. The zero-order valence-corrected chi connectivity index (χ0v) is 16.9. The van der Waals surface area contributed by atoms with E-state index in [1.54, 1.807) is 30.3 Å². The lowest BCUT2D eigenvalue weighted by atomic mass is 10.2. The van der Waals surface area contributed by atoms with Gasteiger partial charge in [-0.15, -0.1) is 0 Å². The third kappa shape index (κ3) is 3.85. The number of aromatic nitrogens is 1. The van der Waals surface area contributed by atoms with Crippen LogP contribution < -0.4 is 5.32 Å². The van der Waals surface area contributed by atoms with Crippen LogP contribution in [0.2, 0.25) is 5.02 Å². The SMILES string of the molecule is O=C(Nc1ccc2oc(-c3ccccc3Cl)nc2c1)c1cc([N+](=O)[O-])ccc1Br. The maximum Gasteiger partial charge on any atom is 0.270 e. The molecule has 29 heavy (non-hydrogen) atoms. The van der Waals surface area contributed by atoms with E-state index in [-0.39, 0.29) is 11.3 Å². The molecular weight excluding hydrogens is 462 g/mol. The number of nitrogens with one attached hydrogen (secondary N) is 1. The number of nitro groups is 1. The van der Waals surface area contributed by atoms with Crippen LogP contribution in [0.25, 0.3) is 22.6 Å². The molecular formula is C20H11BrClN3O4. The lowest BCUT2D eigenvalue weighted by molar-refractivity contribution is -0.384. The number of amides is 1. The van der Waals surface area contributed by atoms with Gasteiger partial charge in [-0.3, -0.25) is 14.9 Å². The molecule has 0 radical (unpaired) electrons. The molecule has 4 aromatic rings. The summed E-state index contributed by atoms with van der Waals surface area (Å²) in [5.74, 6) is -0.120. The van der Waals surface area contributed by atoms with Gasteiger partial charge in [-0.1, -0.05) is 23.7 Å². The van der Waals surface area contributed by atoms with Crippen LogP contribution in [-0.2, 0) is 0 Å². The van der Waals surface area contributed by atoms with E-state index in [1.165, 1.54) is 18.2 Å². The van der Waals surface area contributed by atoms with Crippen molar-refractivity contribution >= 4 is 55.9 Å². The molecule has 1 N–H and O–H groups in total. The van der Waals surface area contributed by atoms with Gasteiger partial charge in [0.15, 0.2) is 5.58 Å². The molecule has 1 aromatic heterocycles. The van der Waals surface area contributed by atoms with Crippen molar-refractivity contribution in [2.75, 3.05) is 5.32 Å². The first kappa shape index (κ1) is 19.1. The number of rotatable bonds is 4. The Bertz CT molecular complexity index is 1270. The highest BCUT2D eigenvalue weighted by atomic mass is 79.9. The minimum absolute atomic E-state index is 0.149. The third-order valence-corrected chi connectivity index (χ3v) is 5.18. The molecule has 7 nitrogen and oxygen atoms in total. The predicted molar refractivity (Wildman–Crippen MR) is 113 cm³/mol. The molecule has 0 bridgehead atoms. The van der Waals surface area contributed by atoms with Gasteiger partial charge >= 0.3 is 0 Å². The van der Waals surface area contributed by atoms with Crippen LogP contribution in [0.1, 0.15) is 10.4 Å². The molecule has 0 saturated heterocycles. The van der Waals surface area contributed by atoms with Gasteiger partial charge in [-0.05, 0) is 52.3 Å². The summed E-state index contributed by atoms with van der Waals surface area (Å²) in [7, 11) is 0. The molecule has 0 atom stereocenters. The molecule has 4 rings (SSSR count). The maximum absolute atomic E-state index is 12.6. The van der Waals surface area contributed by atoms with Gasteiger partial charge in [0, 0.05) is 22.3 Å². The quantitative estimate of drug-likeness (QED) is 0.287. The van der Waals surface area contributed by atoms with E-state index >= 15 is 0 Å². The van der Waals surface area contributed by atoms with Gasteiger partial charge in [0.2, 0.25) is 5.89 Å². The van der Waals surface area contributed by atoms with Crippen molar-refractivity contribution in [2.24, 2.45) is 0 Å². The Morgan fingerprint density at radius 2 is 1.93 bits per heavy atom. The first-order valence-electron chi connectivity index (χ1n) is 8.33. The summed E-state index contributed by atoms with van der Waals surface area (Å²) in [6, 6.07) is 16.2. The fourth-order valence-electron chi connectivity index (χ4n) is 2.75. The second-order valence-corrected chi connectivity index (χ2v) is 7.32. The monoisotopic (exact) mass is 471 g/mol. The fourth-order valence-corrected chi connectivity index (χ4v) is 3.40. The maximum atomic E-state index is 12.6. The summed E-state index contributed by atoms with van der Waals surface area (Å²) in [6.45, 7) is 0. The van der Waals surface area contributed by atoms with Gasteiger partial charge in [0.25, 0.3) is 11.6 Å². The van der Waals surface area contributed by atoms with E-state index in [1.807, 2.05) is 12.1 Å². The van der Waals surface area contributed by atoms with Gasteiger partial charge in [-0.2, -0.15) is 0 Å². The Morgan fingerprint density at radius 3 is 2.69 bits per heavy atom. The number of oxazole rings is 1. The Kier molecular flexibility index (Phi) is 5.04. The van der Waals surface area contributed by atoms with Gasteiger partial charge in [-0.25, -0.2) is 4.98 Å². The summed E-state index contributed by atoms with van der Waals surface area (Å²) >= 11 is 9.44. The van der Waals surface area contributed by atoms with Gasteiger partial charge in [0.05, 0.1) is 21.1 Å². The summed E-state index contributed by atoms with van der Waals surface area (Å²) in [6.07, 6.45) is 0. The Morgan fingerprint density at radius 1 is 1.14 bits per heavy atom. The van der Waals surface area contributed by atoms with Crippen molar-refractivity contribution in [3.63, 3.8) is 0 Å². The van der Waals surface area contributed by atoms with E-state index < -0.39 is 10.8 Å². The molecule has 3 aromatic carbocycles. The number of carbonyl (C=O) groups is 1.